The molecule has 1 saturated heterocycles. The number of benzene rings is 1. The Bertz CT molecular complexity index is 880. The van der Waals surface area contributed by atoms with Gasteiger partial charge in [0.25, 0.3) is 5.91 Å². The van der Waals surface area contributed by atoms with Crippen molar-refractivity contribution in [2.24, 2.45) is 0 Å². The van der Waals surface area contributed by atoms with E-state index < -0.39 is 0 Å². The fraction of sp³-hybridized carbons (Fsp3) is 0.350. The Labute approximate surface area is 174 Å². The van der Waals surface area contributed by atoms with E-state index >= 15 is 0 Å². The predicted octanol–water partition coefficient (Wildman–Crippen LogP) is 3.67. The van der Waals surface area contributed by atoms with Crippen molar-refractivity contribution in [1.29, 1.82) is 0 Å². The average molecular weight is 418 g/mol. The first-order valence-electron chi connectivity index (χ1n) is 9.24. The number of thioether (sulfide) groups is 1. The molecule has 148 valence electrons. The van der Waals surface area contributed by atoms with E-state index in [4.69, 9.17) is 17.0 Å². The minimum atomic E-state index is -0.370. The van der Waals surface area contributed by atoms with Crippen LogP contribution in [-0.4, -0.2) is 46.5 Å². The first-order valence-corrected chi connectivity index (χ1v) is 10.5. The molecule has 1 fully saturated rings. The molecule has 3 rings (SSSR count). The summed E-state index contributed by atoms with van der Waals surface area (Å²) in [6.07, 6.45) is 0. The molecule has 2 heterocycles. The van der Waals surface area contributed by atoms with E-state index in [1.807, 2.05) is 56.0 Å². The van der Waals surface area contributed by atoms with Gasteiger partial charge in [0, 0.05) is 24.5 Å². The maximum Gasteiger partial charge on any atom is 0.346 e. The number of hydrogen-bond donors (Lipinski definition) is 0. The highest BCUT2D eigenvalue weighted by atomic mass is 32.2. The molecular formula is C20H23N3O3S2. The third-order valence-corrected chi connectivity index (χ3v) is 6.26. The Morgan fingerprint density at radius 2 is 1.75 bits per heavy atom. The number of nitrogens with zero attached hydrogens (tertiary/aromatic N) is 3. The maximum atomic E-state index is 13.3. The van der Waals surface area contributed by atoms with Gasteiger partial charge in [-0.05, 0) is 52.0 Å². The van der Waals surface area contributed by atoms with Gasteiger partial charge in [0.15, 0.2) is 5.11 Å². The van der Waals surface area contributed by atoms with Gasteiger partial charge in [-0.1, -0.05) is 30.0 Å². The molecule has 0 spiro atoms. The van der Waals surface area contributed by atoms with E-state index in [1.54, 1.807) is 16.7 Å². The fourth-order valence-corrected chi connectivity index (χ4v) is 4.91. The first-order chi connectivity index (χ1) is 13.5. The Hall–Kier alpha value is -2.32. The lowest BCUT2D eigenvalue weighted by atomic mass is 10.2. The summed E-state index contributed by atoms with van der Waals surface area (Å²) in [5.74, 6) is -0.527. The summed E-state index contributed by atoms with van der Waals surface area (Å²) in [4.78, 5) is 31.5. The molecule has 0 atom stereocenters. The molecular weight excluding hydrogens is 394 g/mol. The molecule has 0 radical (unpaired) electrons. The van der Waals surface area contributed by atoms with Crippen LogP contribution in [0.15, 0.2) is 51.7 Å². The molecule has 0 aliphatic carbocycles. The van der Waals surface area contributed by atoms with Gasteiger partial charge in [-0.2, -0.15) is 0 Å². The molecule has 1 aromatic carbocycles. The highest BCUT2D eigenvalue weighted by Gasteiger charge is 2.44. The highest BCUT2D eigenvalue weighted by Crippen LogP contribution is 2.46. The number of ether oxygens (including phenoxy) is 1. The van der Waals surface area contributed by atoms with Gasteiger partial charge in [-0.25, -0.2) is 4.79 Å². The van der Waals surface area contributed by atoms with Crippen LogP contribution in [0.4, 0.5) is 5.69 Å². The molecule has 1 aromatic rings. The topological polar surface area (TPSA) is 53.1 Å². The minimum absolute atomic E-state index is 0.157. The van der Waals surface area contributed by atoms with Crippen molar-refractivity contribution in [3.05, 3.63) is 51.7 Å². The summed E-state index contributed by atoms with van der Waals surface area (Å²) in [5, 5.41) is 1.15. The number of carbonyl (C=O) groups is 2. The Balaban J connectivity index is 2.14. The van der Waals surface area contributed by atoms with Crippen LogP contribution in [0.5, 0.6) is 0 Å². The van der Waals surface area contributed by atoms with E-state index in [2.05, 4.69) is 0 Å². The van der Waals surface area contributed by atoms with Gasteiger partial charge >= 0.3 is 5.97 Å². The highest BCUT2D eigenvalue weighted by molar-refractivity contribution is 8.07. The van der Waals surface area contributed by atoms with Crippen molar-refractivity contribution in [3.63, 3.8) is 0 Å². The van der Waals surface area contributed by atoms with Crippen molar-refractivity contribution in [2.45, 2.75) is 27.7 Å². The molecule has 0 N–H and O–H groups in total. The monoisotopic (exact) mass is 417 g/mol. The lowest BCUT2D eigenvalue weighted by Gasteiger charge is -2.24. The van der Waals surface area contributed by atoms with Crippen molar-refractivity contribution in [1.82, 2.24) is 9.80 Å². The summed E-state index contributed by atoms with van der Waals surface area (Å²) in [6.45, 7) is 8.94. The third kappa shape index (κ3) is 3.31. The van der Waals surface area contributed by atoms with Crippen molar-refractivity contribution in [2.75, 3.05) is 24.6 Å². The number of para-hydroxylation sites is 1. The molecule has 0 bridgehead atoms. The maximum absolute atomic E-state index is 13.3. The summed E-state index contributed by atoms with van der Waals surface area (Å²) in [6, 6.07) is 9.57. The lowest BCUT2D eigenvalue weighted by molar-refractivity contribution is -0.137. The molecule has 0 unspecified atom stereocenters. The van der Waals surface area contributed by atoms with Crippen LogP contribution in [0, 0.1) is 0 Å². The minimum Gasteiger partial charge on any atom is -0.462 e. The van der Waals surface area contributed by atoms with E-state index in [0.717, 1.165) is 11.4 Å². The first kappa shape index (κ1) is 20.4. The normalized spacial score (nSPS) is 19.9. The largest absolute Gasteiger partial charge is 0.462 e. The number of allylic oxidation sites excluding steroid dienone is 1. The van der Waals surface area contributed by atoms with Gasteiger partial charge in [-0.15, -0.1) is 0 Å². The van der Waals surface area contributed by atoms with E-state index in [0.29, 0.717) is 40.4 Å². The molecule has 0 aromatic heterocycles. The standard InChI is InChI=1S/C20H23N3O3S2/c1-5-21-13(4)16(19(25)26-7-3)28-18(21)15-17(24)22(6-2)20(27)23(15)14-11-9-8-10-12-14/h8-12H,5-7H2,1-4H3. The average Bonchev–Trinajstić information content (AvgIpc) is 3.15. The third-order valence-electron chi connectivity index (χ3n) is 4.58. The van der Waals surface area contributed by atoms with Crippen molar-refractivity contribution >= 4 is 46.7 Å². The predicted molar refractivity (Wildman–Crippen MR) is 115 cm³/mol. The van der Waals surface area contributed by atoms with Crippen LogP contribution in [0.3, 0.4) is 0 Å². The smallest absolute Gasteiger partial charge is 0.346 e. The summed E-state index contributed by atoms with van der Waals surface area (Å²) < 4.78 is 5.20. The second kappa shape index (κ2) is 8.36. The Kier molecular flexibility index (Phi) is 6.10. The number of hydrogen-bond acceptors (Lipinski definition) is 6. The fourth-order valence-electron chi connectivity index (χ4n) is 3.25. The SMILES string of the molecule is CCOC(=O)C1=C(C)N(CC)C(=C2C(=O)N(CC)C(=S)N2c2ccccc2)S1. The molecule has 2 aliphatic rings. The number of thiocarbonyl (C=S) groups is 1. The zero-order valence-electron chi connectivity index (χ0n) is 16.4. The Morgan fingerprint density at radius 1 is 1.11 bits per heavy atom. The summed E-state index contributed by atoms with van der Waals surface area (Å²) >= 11 is 6.90. The molecule has 2 aliphatic heterocycles. The summed E-state index contributed by atoms with van der Waals surface area (Å²) in [5.41, 5.74) is 2.08. The van der Waals surface area contributed by atoms with Gasteiger partial charge in [-0.3, -0.25) is 14.6 Å². The number of esters is 1. The van der Waals surface area contributed by atoms with Crippen LogP contribution in [0.25, 0.3) is 0 Å². The molecule has 6 nitrogen and oxygen atoms in total. The zero-order valence-corrected chi connectivity index (χ0v) is 18.0. The number of anilines is 1. The van der Waals surface area contributed by atoms with Gasteiger partial charge in [0.1, 0.15) is 15.6 Å². The second-order valence-electron chi connectivity index (χ2n) is 6.14. The Morgan fingerprint density at radius 3 is 2.32 bits per heavy atom. The van der Waals surface area contributed by atoms with Crippen molar-refractivity contribution < 1.29 is 14.3 Å². The quantitative estimate of drug-likeness (QED) is 0.412. The molecule has 8 heteroatoms. The van der Waals surface area contributed by atoms with Crippen LogP contribution < -0.4 is 4.90 Å². The second-order valence-corrected chi connectivity index (χ2v) is 7.50. The molecule has 28 heavy (non-hydrogen) atoms. The number of amides is 1. The number of rotatable bonds is 5. The van der Waals surface area contributed by atoms with Crippen molar-refractivity contribution in [3.8, 4) is 0 Å². The molecule has 0 saturated carbocycles. The lowest BCUT2D eigenvalue weighted by Crippen LogP contribution is -2.32. The van der Waals surface area contributed by atoms with Gasteiger partial charge < -0.3 is 9.64 Å². The van der Waals surface area contributed by atoms with Gasteiger partial charge in [0.05, 0.1) is 6.61 Å². The van der Waals surface area contributed by atoms with E-state index in [9.17, 15) is 9.59 Å². The van der Waals surface area contributed by atoms with Crippen LogP contribution in [0.2, 0.25) is 0 Å². The van der Waals surface area contributed by atoms with E-state index in [-0.39, 0.29) is 11.9 Å². The number of likely N-dealkylation sites (N-methyl/N-ethyl adjacent to an activating group) is 1. The van der Waals surface area contributed by atoms with Crippen LogP contribution in [-0.2, 0) is 14.3 Å². The molecule has 1 amide bonds. The zero-order chi connectivity index (χ0) is 20.4. The van der Waals surface area contributed by atoms with Crippen LogP contribution >= 0.6 is 24.0 Å². The van der Waals surface area contributed by atoms with E-state index in [1.165, 1.54) is 11.8 Å². The van der Waals surface area contributed by atoms with Crippen LogP contribution in [0.1, 0.15) is 27.7 Å². The number of carbonyl (C=O) groups excluding carboxylic acids is 2. The summed E-state index contributed by atoms with van der Waals surface area (Å²) in [7, 11) is 0. The van der Waals surface area contributed by atoms with Gasteiger partial charge in [0.2, 0.25) is 0 Å².